The van der Waals surface area contributed by atoms with Crippen molar-refractivity contribution in [1.29, 1.82) is 0 Å². The molecule has 2 aromatic rings. The second-order valence-electron chi connectivity index (χ2n) is 5.71. The molecule has 23 heavy (non-hydrogen) atoms. The number of Topliss-reactive ketones (excluding diaryl/α,β-unsaturated/α-hetero) is 1. The van der Waals surface area contributed by atoms with Crippen LogP contribution in [-0.2, 0) is 0 Å². The van der Waals surface area contributed by atoms with Crippen molar-refractivity contribution in [1.82, 2.24) is 4.57 Å². The molecule has 2 rings (SSSR count). The SMILES string of the molecule is Cc1cc(C(=O)COc2ccc([N+](=O)[O-])cc2)c(C)n1C(C)C. The summed E-state index contributed by atoms with van der Waals surface area (Å²) in [5.74, 6) is 0.324. The van der Waals surface area contributed by atoms with Crippen LogP contribution in [0, 0.1) is 24.0 Å². The molecular weight excluding hydrogens is 296 g/mol. The molecule has 122 valence electrons. The Hall–Kier alpha value is -2.63. The van der Waals surface area contributed by atoms with Gasteiger partial charge in [-0.25, -0.2) is 0 Å². The van der Waals surface area contributed by atoms with Gasteiger partial charge in [-0.1, -0.05) is 0 Å². The average Bonchev–Trinajstić information content (AvgIpc) is 2.80. The fraction of sp³-hybridized carbons (Fsp3) is 0.353. The number of ether oxygens (including phenoxy) is 1. The van der Waals surface area contributed by atoms with E-state index in [1.54, 1.807) is 0 Å². The number of rotatable bonds is 6. The Bertz CT molecular complexity index is 730. The molecule has 0 spiro atoms. The lowest BCUT2D eigenvalue weighted by molar-refractivity contribution is -0.384. The summed E-state index contributed by atoms with van der Waals surface area (Å²) in [6, 6.07) is 7.84. The van der Waals surface area contributed by atoms with E-state index < -0.39 is 4.92 Å². The lowest BCUT2D eigenvalue weighted by Gasteiger charge is -2.13. The summed E-state index contributed by atoms with van der Waals surface area (Å²) in [4.78, 5) is 22.5. The van der Waals surface area contributed by atoms with Gasteiger partial charge in [0.25, 0.3) is 5.69 Å². The average molecular weight is 316 g/mol. The van der Waals surface area contributed by atoms with E-state index in [0.717, 1.165) is 11.4 Å². The van der Waals surface area contributed by atoms with Crippen LogP contribution in [-0.4, -0.2) is 21.9 Å². The number of nitrogens with zero attached hydrogens (tertiary/aromatic N) is 2. The van der Waals surface area contributed by atoms with Crippen molar-refractivity contribution in [2.24, 2.45) is 0 Å². The molecule has 1 aromatic carbocycles. The summed E-state index contributed by atoms with van der Waals surface area (Å²) in [6.45, 7) is 7.94. The number of non-ortho nitro benzene ring substituents is 1. The standard InChI is InChI=1S/C17H20N2O4/c1-11(2)18-12(3)9-16(13(18)4)17(20)10-23-15-7-5-14(6-8-15)19(21)22/h5-9,11H,10H2,1-4H3. The number of carbonyl (C=O) groups excluding carboxylic acids is 1. The van der Waals surface area contributed by atoms with Crippen molar-refractivity contribution in [2.75, 3.05) is 6.61 Å². The predicted octanol–water partition coefficient (Wildman–Crippen LogP) is 3.86. The molecule has 0 saturated heterocycles. The van der Waals surface area contributed by atoms with Crippen molar-refractivity contribution >= 4 is 11.5 Å². The molecule has 0 aliphatic rings. The lowest BCUT2D eigenvalue weighted by Crippen LogP contribution is -2.13. The third-order valence-corrected chi connectivity index (χ3v) is 3.72. The molecule has 0 saturated carbocycles. The minimum absolute atomic E-state index is 0.0100. The summed E-state index contributed by atoms with van der Waals surface area (Å²) in [5, 5.41) is 10.6. The monoisotopic (exact) mass is 316 g/mol. The van der Waals surface area contributed by atoms with E-state index in [9.17, 15) is 14.9 Å². The molecular formula is C17H20N2O4. The number of carbonyl (C=O) groups is 1. The zero-order valence-corrected chi connectivity index (χ0v) is 13.7. The van der Waals surface area contributed by atoms with E-state index in [1.165, 1.54) is 24.3 Å². The number of hydrogen-bond acceptors (Lipinski definition) is 4. The third-order valence-electron chi connectivity index (χ3n) is 3.72. The highest BCUT2D eigenvalue weighted by Gasteiger charge is 2.17. The summed E-state index contributed by atoms with van der Waals surface area (Å²) >= 11 is 0. The van der Waals surface area contributed by atoms with Crippen molar-refractivity contribution in [3.63, 3.8) is 0 Å². The van der Waals surface area contributed by atoms with Gasteiger partial charge >= 0.3 is 0 Å². The van der Waals surface area contributed by atoms with Gasteiger partial charge in [-0.2, -0.15) is 0 Å². The largest absolute Gasteiger partial charge is 0.485 e. The summed E-state index contributed by atoms with van der Waals surface area (Å²) in [7, 11) is 0. The molecule has 6 nitrogen and oxygen atoms in total. The topological polar surface area (TPSA) is 74.4 Å². The van der Waals surface area contributed by atoms with Crippen LogP contribution in [0.2, 0.25) is 0 Å². The van der Waals surface area contributed by atoms with Crippen LogP contribution in [0.1, 0.15) is 41.6 Å². The molecule has 0 aliphatic heterocycles. The van der Waals surface area contributed by atoms with Crippen molar-refractivity contribution in [3.8, 4) is 5.75 Å². The number of nitro benzene ring substituents is 1. The summed E-state index contributed by atoms with van der Waals surface area (Å²) < 4.78 is 7.55. The number of ketones is 1. The number of aryl methyl sites for hydroxylation is 1. The van der Waals surface area contributed by atoms with E-state index in [-0.39, 0.29) is 24.1 Å². The van der Waals surface area contributed by atoms with Gasteiger partial charge in [0.2, 0.25) is 5.78 Å². The van der Waals surface area contributed by atoms with Gasteiger partial charge in [0.15, 0.2) is 6.61 Å². The lowest BCUT2D eigenvalue weighted by atomic mass is 10.1. The maximum Gasteiger partial charge on any atom is 0.269 e. The maximum absolute atomic E-state index is 12.4. The Morgan fingerprint density at radius 3 is 2.35 bits per heavy atom. The first-order valence-corrected chi connectivity index (χ1v) is 7.40. The highest BCUT2D eigenvalue weighted by molar-refractivity contribution is 5.98. The van der Waals surface area contributed by atoms with E-state index in [0.29, 0.717) is 11.3 Å². The van der Waals surface area contributed by atoms with E-state index >= 15 is 0 Å². The number of aromatic nitrogens is 1. The Morgan fingerprint density at radius 2 is 1.87 bits per heavy atom. The maximum atomic E-state index is 12.4. The Morgan fingerprint density at radius 1 is 1.26 bits per heavy atom. The van der Waals surface area contributed by atoms with Crippen LogP contribution in [0.4, 0.5) is 5.69 Å². The molecule has 0 N–H and O–H groups in total. The Balaban J connectivity index is 2.08. The number of nitro groups is 1. The van der Waals surface area contributed by atoms with E-state index in [2.05, 4.69) is 18.4 Å². The third kappa shape index (κ3) is 3.59. The molecule has 0 amide bonds. The quantitative estimate of drug-likeness (QED) is 0.461. The Labute approximate surface area is 134 Å². The van der Waals surface area contributed by atoms with Gasteiger partial charge < -0.3 is 9.30 Å². The minimum atomic E-state index is -0.476. The molecule has 0 atom stereocenters. The van der Waals surface area contributed by atoms with Crippen molar-refractivity contribution in [3.05, 3.63) is 57.4 Å². The zero-order valence-electron chi connectivity index (χ0n) is 13.7. The van der Waals surface area contributed by atoms with Crippen LogP contribution in [0.5, 0.6) is 5.75 Å². The summed E-state index contributed by atoms with van der Waals surface area (Å²) in [5.41, 5.74) is 2.60. The fourth-order valence-corrected chi connectivity index (χ4v) is 2.74. The van der Waals surface area contributed by atoms with Crippen molar-refractivity contribution < 1.29 is 14.5 Å². The van der Waals surface area contributed by atoms with Crippen LogP contribution in [0.15, 0.2) is 30.3 Å². The molecule has 1 heterocycles. The number of hydrogen-bond donors (Lipinski definition) is 0. The first-order valence-electron chi connectivity index (χ1n) is 7.40. The van der Waals surface area contributed by atoms with Crippen LogP contribution < -0.4 is 4.74 Å². The normalized spacial score (nSPS) is 10.8. The van der Waals surface area contributed by atoms with Gasteiger partial charge in [0.1, 0.15) is 5.75 Å². The second kappa shape index (κ2) is 6.64. The highest BCUT2D eigenvalue weighted by atomic mass is 16.6. The summed E-state index contributed by atoms with van der Waals surface area (Å²) in [6.07, 6.45) is 0. The second-order valence-corrected chi connectivity index (χ2v) is 5.71. The van der Waals surface area contributed by atoms with Crippen LogP contribution in [0.3, 0.4) is 0 Å². The minimum Gasteiger partial charge on any atom is -0.485 e. The van der Waals surface area contributed by atoms with Gasteiger partial charge in [-0.05, 0) is 45.9 Å². The predicted molar refractivity (Wildman–Crippen MR) is 87.2 cm³/mol. The van der Waals surface area contributed by atoms with Gasteiger partial charge in [-0.15, -0.1) is 0 Å². The van der Waals surface area contributed by atoms with Gasteiger partial charge in [0, 0.05) is 35.1 Å². The van der Waals surface area contributed by atoms with Crippen LogP contribution >= 0.6 is 0 Å². The van der Waals surface area contributed by atoms with Gasteiger partial charge in [0.05, 0.1) is 4.92 Å². The molecule has 1 aromatic heterocycles. The van der Waals surface area contributed by atoms with Crippen LogP contribution in [0.25, 0.3) is 0 Å². The molecule has 0 radical (unpaired) electrons. The fourth-order valence-electron chi connectivity index (χ4n) is 2.74. The zero-order chi connectivity index (χ0) is 17.1. The van der Waals surface area contributed by atoms with E-state index in [1.807, 2.05) is 19.9 Å². The first-order chi connectivity index (χ1) is 10.8. The number of benzene rings is 1. The Kier molecular flexibility index (Phi) is 4.83. The van der Waals surface area contributed by atoms with Crippen molar-refractivity contribution in [2.45, 2.75) is 33.7 Å². The molecule has 0 bridgehead atoms. The smallest absolute Gasteiger partial charge is 0.269 e. The molecule has 0 fully saturated rings. The first kappa shape index (κ1) is 16.7. The molecule has 6 heteroatoms. The highest BCUT2D eigenvalue weighted by Crippen LogP contribution is 2.21. The van der Waals surface area contributed by atoms with E-state index in [4.69, 9.17) is 4.74 Å². The molecule has 0 aliphatic carbocycles. The van der Waals surface area contributed by atoms with Gasteiger partial charge in [-0.3, -0.25) is 14.9 Å². The molecule has 0 unspecified atom stereocenters.